The zero-order valence-corrected chi connectivity index (χ0v) is 87.6. The molecule has 7 saturated heterocycles. The Hall–Kier alpha value is -11.7. The summed E-state index contributed by atoms with van der Waals surface area (Å²) in [5, 5.41) is 182. The van der Waals surface area contributed by atoms with Crippen LogP contribution < -0.4 is 27.1 Å². The minimum atomic E-state index is -1.06. The number of likely N-dealkylation sites (tertiary alicyclic amines) is 7. The second kappa shape index (κ2) is 48.7. The van der Waals surface area contributed by atoms with Crippen LogP contribution in [0.3, 0.4) is 0 Å². The van der Waals surface area contributed by atoms with Crippen LogP contribution in [-0.4, -0.2) is 333 Å². The molecule has 0 amide bonds. The van der Waals surface area contributed by atoms with Crippen molar-refractivity contribution in [1.82, 2.24) is 44.1 Å². The number of β-amino-alcohol motifs (C(OH)–C–C–N with tert-alkyl or cyclic N) is 6. The van der Waals surface area contributed by atoms with Crippen molar-refractivity contribution in [3.8, 4) is 57.5 Å². The van der Waals surface area contributed by atoms with Gasteiger partial charge in [-0.05, 0) is 198 Å². The Morgan fingerprint density at radius 1 is 0.430 bits per heavy atom. The van der Waals surface area contributed by atoms with E-state index >= 15 is 0 Å². The van der Waals surface area contributed by atoms with Gasteiger partial charge in [0, 0.05) is 181 Å². The number of aliphatic hydroxyl groups excluding tert-OH is 6. The van der Waals surface area contributed by atoms with Crippen LogP contribution >= 0.6 is 35.6 Å². The average molecular weight is 2130 g/mol. The number of phenolic OH excluding ortho intramolecular Hbond substituents is 10. The maximum absolute atomic E-state index is 12.8. The number of ether oxygens (including phenoxy) is 1. The minimum Gasteiger partial charge on any atom is -0.507 e. The molecule has 17 N–H and O–H groups in total. The Kier molecular flexibility index (Phi) is 37.4. The number of likely N-dealkylation sites (N-methyl/N-ethyl adjacent to an activating group) is 6. The number of aryl methyl sites for hydroxylation is 4. The van der Waals surface area contributed by atoms with Gasteiger partial charge in [0.25, 0.3) is 6.47 Å². The SMILES string of the molecule is CCN(CC)Cc1c(O)c(C2CCN(C)CC2O)c2oc(C)cc(=O)c2c1O.CN1CCC(c2c(O)cc(O)c3c(=O)cc(/C=C/c4c(Cl)cccc4Cl)oc23)C(O)C1.Cc1cc(=O)c2c(O)c(CN(C)CC(=O)O)c(O)c(C3CCN(C)CC3O)c2o1.Cc1cc(=O)c2c(O)c(CN3CC(O)CC3OC=O)c(O)c(C3CCN(C)CC3O)c2o1.Cc1cc(=O)c2c(O)c(CN3CCCC3)c(O)c(C3CCN(C)CC3O)c2o1.Cl. The van der Waals surface area contributed by atoms with E-state index in [0.717, 1.165) is 58.2 Å². The number of rotatable bonds is 21. The largest absolute Gasteiger partial charge is 0.507 e. The van der Waals surface area contributed by atoms with Crippen LogP contribution in [0.2, 0.25) is 10.0 Å². The van der Waals surface area contributed by atoms with E-state index in [4.69, 9.17) is 55.1 Å². The molecule has 12 unspecified atom stereocenters. The Balaban J connectivity index is 0.000000155. The van der Waals surface area contributed by atoms with Crippen LogP contribution in [0.4, 0.5) is 0 Å². The van der Waals surface area contributed by atoms with Gasteiger partial charge in [-0.1, -0.05) is 43.1 Å². The summed E-state index contributed by atoms with van der Waals surface area (Å²) >= 11 is 12.4. The molecule has 7 aliphatic rings. The van der Waals surface area contributed by atoms with Gasteiger partial charge >= 0.3 is 5.97 Å². The van der Waals surface area contributed by atoms with E-state index in [1.807, 2.05) is 78.5 Å². The quantitative estimate of drug-likeness (QED) is 0.0297. The monoisotopic (exact) mass is 2130 g/mol. The van der Waals surface area contributed by atoms with Crippen molar-refractivity contribution >= 4 is 115 Å². The van der Waals surface area contributed by atoms with Crippen molar-refractivity contribution < 1.29 is 123 Å². The molecule has 12 heterocycles. The standard InChI is InChI=1S/C23H21Cl2NO5.C22H28N2O8.C21H28N2O5.C21H30N2O5.C20H26N2O7.ClH/c1-26-8-7-14(20(30)11-26)21-18(28)10-19(29)22-17(27)9-12(31-23(21)22)5-6-13-15(24)3-2-4-16(13)25;1-11-5-15(27)19-21(30)14(8-24-7-12(26)6-17(24)31-10-25)20(29)18(22(19)32-11)13-3-4-23(2)9-16(13)28;1-12-9-15(24)18-20(27)14(10-23-6-3-4-7-23)19(26)17(21(18)28-12)13-5-8-22(2)11-16(13)25;1-5-23(6-2)10-14-19(26)17(13-7-8-22(4)11-16(13)25)21-18(20(14)27)15(24)9-12(3)28-21;1-10-6-13(23)17-19(28)12(7-22(3)9-15(25)26)18(27)16(20(17)29-10)11-4-5-21(2)8-14(11)24;/h2-6,9-10,14,20,28-30H,7-8,11H2,1H3;5,10,12-13,16-17,26,28-30H,3-4,6-9H2,1-2H3;9,13,16,25-27H,3-8,10-11H2,1-2H3;9,13,16,25-27H,5-8,10-11H2,1-4H3;6,11,14,24,27-28H,4-5,7-9H2,1-3H3,(H,25,26);1H/b6-5+;;;;;. The first-order valence-corrected chi connectivity index (χ1v) is 50.3. The number of halogens is 3. The number of carbonyl (C=O) groups is 2. The average Bonchev–Trinajstić information content (AvgIpc) is 1.27. The highest BCUT2D eigenvalue weighted by Crippen LogP contribution is 2.53. The van der Waals surface area contributed by atoms with Crippen LogP contribution in [0.5, 0.6) is 57.5 Å². The van der Waals surface area contributed by atoms with Crippen molar-refractivity contribution in [3.05, 3.63) is 200 Å². The van der Waals surface area contributed by atoms with Crippen LogP contribution in [0, 0.1) is 27.7 Å². The number of phenols is 10. The first-order valence-electron chi connectivity index (χ1n) is 49.6. The van der Waals surface area contributed by atoms with E-state index in [1.165, 1.54) is 42.3 Å². The first kappa shape index (κ1) is 114. The predicted molar refractivity (Wildman–Crippen MR) is 562 cm³/mol. The molecular weight excluding hydrogens is 2000 g/mol. The number of aromatic hydroxyl groups is 10. The zero-order valence-electron chi connectivity index (χ0n) is 85.3. The van der Waals surface area contributed by atoms with Crippen molar-refractivity contribution in [2.45, 2.75) is 192 Å². The lowest BCUT2D eigenvalue weighted by molar-refractivity contribution is -0.141. The fourth-order valence-corrected chi connectivity index (χ4v) is 22.3. The van der Waals surface area contributed by atoms with Crippen LogP contribution in [-0.2, 0) is 40.5 Å². The van der Waals surface area contributed by atoms with Crippen molar-refractivity contribution in [1.29, 1.82) is 0 Å². The summed E-state index contributed by atoms with van der Waals surface area (Å²) in [5.74, 6) is -4.21. The summed E-state index contributed by atoms with van der Waals surface area (Å²) < 4.78 is 34.2. The number of carbonyl (C=O) groups excluding carboxylic acids is 1. The number of hydrogen-bond acceptors (Lipinski definition) is 38. The molecule has 42 heteroatoms. The van der Waals surface area contributed by atoms with Crippen LogP contribution in [0.1, 0.15) is 179 Å². The molecule has 0 saturated carbocycles. The molecule has 5 aromatic heterocycles. The number of carboxylic acid groups (broad SMARTS) is 1. The van der Waals surface area contributed by atoms with Gasteiger partial charge in [0.1, 0.15) is 141 Å². The number of fused-ring (bicyclic) bond motifs is 5. The lowest BCUT2D eigenvalue weighted by Gasteiger charge is -2.35. The molecule has 7 aliphatic heterocycles. The third-order valence-corrected chi connectivity index (χ3v) is 30.0. The summed E-state index contributed by atoms with van der Waals surface area (Å²) in [6.45, 7) is 20.1. The number of hydrogen-bond donors (Lipinski definition) is 17. The number of piperidine rings is 5. The molecule has 6 aromatic carbocycles. The highest BCUT2D eigenvalue weighted by molar-refractivity contribution is 6.37. The van der Waals surface area contributed by atoms with Crippen molar-refractivity contribution in [2.75, 3.05) is 147 Å². The molecule has 0 bridgehead atoms. The van der Waals surface area contributed by atoms with Crippen LogP contribution in [0.15, 0.2) is 101 Å². The second-order valence-electron chi connectivity index (χ2n) is 40.2. The number of carboxylic acids is 1. The molecule has 0 spiro atoms. The Morgan fingerprint density at radius 2 is 0.765 bits per heavy atom. The normalized spacial score (nSPS) is 22.5. The Labute approximate surface area is 873 Å². The van der Waals surface area contributed by atoms with E-state index in [2.05, 4.69) is 4.90 Å². The molecule has 39 nitrogen and oxygen atoms in total. The summed E-state index contributed by atoms with van der Waals surface area (Å²) in [4.78, 5) is 103. The van der Waals surface area contributed by atoms with Gasteiger partial charge in [-0.2, -0.15) is 0 Å². The van der Waals surface area contributed by atoms with Crippen molar-refractivity contribution in [2.24, 2.45) is 0 Å². The molecule has 12 atom stereocenters. The molecule has 0 radical (unpaired) electrons. The maximum Gasteiger partial charge on any atom is 0.317 e. The lowest BCUT2D eigenvalue weighted by atomic mass is 9.84. The minimum absolute atomic E-state index is 0. The molecular formula is C107H134Cl3N9O30. The van der Waals surface area contributed by atoms with Gasteiger partial charge in [0.15, 0.2) is 33.4 Å². The van der Waals surface area contributed by atoms with Gasteiger partial charge in [-0.25, -0.2) is 0 Å². The smallest absolute Gasteiger partial charge is 0.317 e. The molecule has 0 aliphatic carbocycles. The maximum atomic E-state index is 12.8. The third-order valence-electron chi connectivity index (χ3n) is 29.3. The van der Waals surface area contributed by atoms with Gasteiger partial charge < -0.3 is 138 Å². The van der Waals surface area contributed by atoms with Gasteiger partial charge in [0.05, 0.1) is 65.4 Å². The highest BCUT2D eigenvalue weighted by atomic mass is 35.5. The number of benzene rings is 6. The summed E-state index contributed by atoms with van der Waals surface area (Å²) in [7, 11) is 11.1. The molecule has 149 heavy (non-hydrogen) atoms. The second-order valence-corrected chi connectivity index (χ2v) is 41.0. The van der Waals surface area contributed by atoms with E-state index in [-0.39, 0.29) is 203 Å². The zero-order chi connectivity index (χ0) is 107. The summed E-state index contributed by atoms with van der Waals surface area (Å²) in [5.41, 5.74) is 1.55. The molecule has 7 fully saturated rings. The first-order chi connectivity index (χ1) is 70.2. The van der Waals surface area contributed by atoms with Gasteiger partial charge in [-0.15, -0.1) is 12.4 Å². The Morgan fingerprint density at radius 3 is 1.12 bits per heavy atom. The number of aliphatic hydroxyl groups is 6. The lowest BCUT2D eigenvalue weighted by Crippen LogP contribution is -2.40. The summed E-state index contributed by atoms with van der Waals surface area (Å²) in [6.07, 6.45) is 3.12. The fourth-order valence-electron chi connectivity index (χ4n) is 21.8. The third kappa shape index (κ3) is 24.9. The highest BCUT2D eigenvalue weighted by Gasteiger charge is 2.43. The molecule has 18 rings (SSSR count). The van der Waals surface area contributed by atoms with E-state index < -0.39 is 94.4 Å². The van der Waals surface area contributed by atoms with E-state index in [9.17, 15) is 115 Å². The topological polar surface area (TPSA) is 567 Å². The number of aliphatic carboxylic acids is 1. The van der Waals surface area contributed by atoms with Crippen LogP contribution in [0.25, 0.3) is 67.0 Å². The number of nitrogens with zero attached hydrogens (tertiary/aromatic N) is 9. The van der Waals surface area contributed by atoms with E-state index in [1.54, 1.807) is 62.9 Å². The van der Waals surface area contributed by atoms with Crippen molar-refractivity contribution in [3.63, 3.8) is 0 Å². The fraction of sp³-hybridized carbons (Fsp3) is 0.486. The predicted octanol–water partition coefficient (Wildman–Crippen LogP) is 10.1. The molecule has 11 aromatic rings. The molecule has 808 valence electrons. The van der Waals surface area contributed by atoms with Gasteiger partial charge in [0.2, 0.25) is 0 Å². The van der Waals surface area contributed by atoms with E-state index in [0.29, 0.717) is 164 Å². The van der Waals surface area contributed by atoms with Gasteiger partial charge in [-0.3, -0.25) is 53.2 Å². The summed E-state index contributed by atoms with van der Waals surface area (Å²) in [6, 6.07) is 12.7. The Bertz CT molecular complexity index is 6970.